The Hall–Kier alpha value is -3.16. The molecule has 0 N–H and O–H groups in total. The highest BCUT2D eigenvalue weighted by Crippen LogP contribution is 2.32. The van der Waals surface area contributed by atoms with E-state index < -0.39 is 0 Å². The summed E-state index contributed by atoms with van der Waals surface area (Å²) < 4.78 is 11.1. The molecule has 1 amide bonds. The van der Waals surface area contributed by atoms with Gasteiger partial charge in [-0.15, -0.1) is 0 Å². The van der Waals surface area contributed by atoms with Crippen molar-refractivity contribution in [3.8, 4) is 5.88 Å². The van der Waals surface area contributed by atoms with E-state index in [9.17, 15) is 4.79 Å². The number of nitrogens with zero attached hydrogens (tertiary/aromatic N) is 5. The quantitative estimate of drug-likeness (QED) is 0.643. The summed E-state index contributed by atoms with van der Waals surface area (Å²) in [6, 6.07) is 6.19. The molecule has 0 radical (unpaired) electrons. The first-order valence-electron chi connectivity index (χ1n) is 10.4. The van der Waals surface area contributed by atoms with Crippen molar-refractivity contribution >= 4 is 22.5 Å². The first-order valence-corrected chi connectivity index (χ1v) is 10.4. The van der Waals surface area contributed by atoms with Crippen molar-refractivity contribution in [1.82, 2.24) is 20.0 Å². The number of aromatic nitrogens is 3. The van der Waals surface area contributed by atoms with Gasteiger partial charge in [-0.25, -0.2) is 9.97 Å². The van der Waals surface area contributed by atoms with Crippen molar-refractivity contribution < 1.29 is 14.1 Å². The maximum atomic E-state index is 12.9. The fourth-order valence-electron chi connectivity index (χ4n) is 3.93. The Labute approximate surface area is 174 Å². The van der Waals surface area contributed by atoms with Crippen LogP contribution in [-0.2, 0) is 0 Å². The average molecular weight is 407 g/mol. The van der Waals surface area contributed by atoms with Gasteiger partial charge in [0.15, 0.2) is 0 Å². The summed E-state index contributed by atoms with van der Waals surface area (Å²) in [6.45, 7) is 7.12. The van der Waals surface area contributed by atoms with E-state index in [2.05, 4.69) is 32.2 Å². The van der Waals surface area contributed by atoms with Gasteiger partial charge in [-0.05, 0) is 50.8 Å². The summed E-state index contributed by atoms with van der Waals surface area (Å²) in [6.07, 6.45) is 4.04. The van der Waals surface area contributed by atoms with E-state index in [4.69, 9.17) is 9.26 Å². The Morgan fingerprint density at radius 3 is 2.67 bits per heavy atom. The molecule has 2 aromatic heterocycles. The molecule has 1 aliphatic heterocycles. The number of benzene rings is 1. The molecule has 1 aliphatic carbocycles. The van der Waals surface area contributed by atoms with E-state index in [0.717, 1.165) is 36.3 Å². The Bertz CT molecular complexity index is 1060. The number of fused-ring (bicyclic) bond motifs is 1. The average Bonchev–Trinajstić information content (AvgIpc) is 3.54. The van der Waals surface area contributed by atoms with Gasteiger partial charge in [0.1, 0.15) is 17.7 Å². The van der Waals surface area contributed by atoms with Crippen LogP contribution in [0.3, 0.4) is 0 Å². The number of carbonyl (C=O) groups is 1. The molecule has 0 bridgehead atoms. The molecule has 0 spiro atoms. The van der Waals surface area contributed by atoms with Crippen LogP contribution < -0.4 is 9.64 Å². The lowest BCUT2D eigenvalue weighted by Crippen LogP contribution is -2.49. The molecule has 2 aliphatic rings. The Morgan fingerprint density at radius 1 is 1.17 bits per heavy atom. The second-order valence-electron chi connectivity index (χ2n) is 8.11. The molecule has 30 heavy (non-hydrogen) atoms. The predicted octanol–water partition coefficient (Wildman–Crippen LogP) is 2.99. The monoisotopic (exact) mass is 407 g/mol. The number of piperazine rings is 1. The van der Waals surface area contributed by atoms with Crippen molar-refractivity contribution in [3.05, 3.63) is 41.5 Å². The van der Waals surface area contributed by atoms with Crippen LogP contribution in [0.2, 0.25) is 0 Å². The third kappa shape index (κ3) is 3.58. The SMILES string of the molecule is Cc1noc(C)c1C(=O)N1CCN(c2ccc3ncnc(OCC4CC4)c3c2)CC1. The lowest BCUT2D eigenvalue weighted by Gasteiger charge is -2.36. The molecule has 5 rings (SSSR count). The van der Waals surface area contributed by atoms with Gasteiger partial charge in [0.25, 0.3) is 5.91 Å². The maximum Gasteiger partial charge on any atom is 0.259 e. The van der Waals surface area contributed by atoms with Crippen molar-refractivity contribution in [3.63, 3.8) is 0 Å². The zero-order chi connectivity index (χ0) is 20.7. The van der Waals surface area contributed by atoms with Gasteiger partial charge in [0, 0.05) is 31.9 Å². The van der Waals surface area contributed by atoms with Gasteiger partial charge in [-0.2, -0.15) is 0 Å². The molecule has 156 valence electrons. The van der Waals surface area contributed by atoms with Crippen LogP contribution in [0.5, 0.6) is 5.88 Å². The van der Waals surface area contributed by atoms with Crippen LogP contribution >= 0.6 is 0 Å². The van der Waals surface area contributed by atoms with Gasteiger partial charge in [-0.1, -0.05) is 5.16 Å². The van der Waals surface area contributed by atoms with Crippen LogP contribution in [0.15, 0.2) is 29.0 Å². The first kappa shape index (κ1) is 18.8. The summed E-state index contributed by atoms with van der Waals surface area (Å²) in [5.41, 5.74) is 3.21. The van der Waals surface area contributed by atoms with Crippen LogP contribution in [-0.4, -0.2) is 58.7 Å². The maximum absolute atomic E-state index is 12.9. The van der Waals surface area contributed by atoms with E-state index in [0.29, 0.717) is 41.9 Å². The number of carbonyl (C=O) groups excluding carboxylic acids is 1. The second kappa shape index (κ2) is 7.59. The van der Waals surface area contributed by atoms with E-state index in [-0.39, 0.29) is 5.91 Å². The lowest BCUT2D eigenvalue weighted by atomic mass is 10.1. The molecule has 8 heteroatoms. The normalized spacial score (nSPS) is 16.9. The minimum Gasteiger partial charge on any atom is -0.477 e. The van der Waals surface area contributed by atoms with Crippen molar-refractivity contribution in [2.45, 2.75) is 26.7 Å². The number of hydrogen-bond donors (Lipinski definition) is 0. The Balaban J connectivity index is 1.30. The second-order valence-corrected chi connectivity index (χ2v) is 8.11. The Morgan fingerprint density at radius 2 is 1.97 bits per heavy atom. The molecule has 0 atom stereocenters. The molecule has 1 saturated carbocycles. The molecule has 1 saturated heterocycles. The fraction of sp³-hybridized carbons (Fsp3) is 0.455. The van der Waals surface area contributed by atoms with Crippen LogP contribution in [0, 0.1) is 19.8 Å². The predicted molar refractivity (Wildman–Crippen MR) is 112 cm³/mol. The van der Waals surface area contributed by atoms with Crippen molar-refractivity contribution in [2.24, 2.45) is 5.92 Å². The molecule has 1 aromatic carbocycles. The molecular formula is C22H25N5O3. The van der Waals surface area contributed by atoms with Gasteiger partial charge in [0.2, 0.25) is 5.88 Å². The number of ether oxygens (including phenoxy) is 1. The van der Waals surface area contributed by atoms with E-state index in [1.165, 1.54) is 12.8 Å². The Kier molecular flexibility index (Phi) is 4.77. The number of anilines is 1. The highest BCUT2D eigenvalue weighted by atomic mass is 16.5. The van der Waals surface area contributed by atoms with Crippen molar-refractivity contribution in [2.75, 3.05) is 37.7 Å². The van der Waals surface area contributed by atoms with Gasteiger partial charge in [-0.3, -0.25) is 4.79 Å². The molecule has 8 nitrogen and oxygen atoms in total. The van der Waals surface area contributed by atoms with Crippen LogP contribution in [0.25, 0.3) is 10.9 Å². The van der Waals surface area contributed by atoms with E-state index in [1.54, 1.807) is 20.2 Å². The lowest BCUT2D eigenvalue weighted by molar-refractivity contribution is 0.0744. The fourth-order valence-corrected chi connectivity index (χ4v) is 3.93. The minimum absolute atomic E-state index is 0.00595. The highest BCUT2D eigenvalue weighted by Gasteiger charge is 2.27. The summed E-state index contributed by atoms with van der Waals surface area (Å²) in [5, 5.41) is 4.84. The summed E-state index contributed by atoms with van der Waals surface area (Å²) >= 11 is 0. The number of aryl methyl sites for hydroxylation is 2. The van der Waals surface area contributed by atoms with Gasteiger partial charge < -0.3 is 19.1 Å². The third-order valence-corrected chi connectivity index (χ3v) is 5.91. The van der Waals surface area contributed by atoms with Crippen LogP contribution in [0.4, 0.5) is 5.69 Å². The number of rotatable bonds is 5. The molecule has 2 fully saturated rings. The standard InChI is InChI=1S/C22H25N5O3/c1-14-20(15(2)30-25-14)22(28)27-9-7-26(8-10-27)17-5-6-19-18(11-17)21(24-13-23-19)29-12-16-3-4-16/h5-6,11,13,16H,3-4,7-10,12H2,1-2H3. The largest absolute Gasteiger partial charge is 0.477 e. The summed E-state index contributed by atoms with van der Waals surface area (Å²) in [5.74, 6) is 1.89. The van der Waals surface area contributed by atoms with E-state index in [1.807, 2.05) is 11.0 Å². The summed E-state index contributed by atoms with van der Waals surface area (Å²) in [7, 11) is 0. The summed E-state index contributed by atoms with van der Waals surface area (Å²) in [4.78, 5) is 25.8. The topological polar surface area (TPSA) is 84.6 Å². The third-order valence-electron chi connectivity index (χ3n) is 5.91. The van der Waals surface area contributed by atoms with Crippen molar-refractivity contribution in [1.29, 1.82) is 0 Å². The van der Waals surface area contributed by atoms with Crippen LogP contribution in [0.1, 0.15) is 34.7 Å². The molecule has 3 heterocycles. The van der Waals surface area contributed by atoms with Gasteiger partial charge >= 0.3 is 0 Å². The van der Waals surface area contributed by atoms with Gasteiger partial charge in [0.05, 0.1) is 23.2 Å². The van der Waals surface area contributed by atoms with E-state index >= 15 is 0 Å². The minimum atomic E-state index is -0.00595. The first-order chi connectivity index (χ1) is 14.6. The zero-order valence-electron chi connectivity index (χ0n) is 17.3. The molecule has 0 unspecified atom stereocenters. The highest BCUT2D eigenvalue weighted by molar-refractivity contribution is 5.96. The molecular weight excluding hydrogens is 382 g/mol. The molecule has 3 aromatic rings. The smallest absolute Gasteiger partial charge is 0.259 e. The number of hydrogen-bond acceptors (Lipinski definition) is 7. The zero-order valence-corrected chi connectivity index (χ0v) is 17.3. The number of amides is 1.